The third-order valence-electron chi connectivity index (χ3n) is 2.79. The minimum Gasteiger partial charge on any atom is -0.489 e. The van der Waals surface area contributed by atoms with Crippen LogP contribution in [0.1, 0.15) is 16.7 Å². The summed E-state index contributed by atoms with van der Waals surface area (Å²) < 4.78 is 20.0. The van der Waals surface area contributed by atoms with Gasteiger partial charge in [-0.1, -0.05) is 22.0 Å². The molecule has 0 atom stereocenters. The number of aryl methyl sites for hydroxylation is 1. The lowest BCUT2D eigenvalue weighted by molar-refractivity contribution is 0.305. The van der Waals surface area contributed by atoms with Crippen LogP contribution in [0.2, 0.25) is 0 Å². The van der Waals surface area contributed by atoms with Gasteiger partial charge in [0, 0.05) is 11.0 Å². The highest BCUT2D eigenvalue weighted by Gasteiger charge is 2.02. The zero-order valence-electron chi connectivity index (χ0n) is 10.6. The Balaban J connectivity index is 2.09. The first-order chi connectivity index (χ1) is 9.08. The molecule has 0 aliphatic heterocycles. The van der Waals surface area contributed by atoms with Crippen LogP contribution in [0.5, 0.6) is 5.75 Å². The quantitative estimate of drug-likeness (QED) is 0.925. The molecule has 0 aliphatic rings. The second kappa shape index (κ2) is 6.17. The lowest BCUT2D eigenvalue weighted by Crippen LogP contribution is -2.01. The van der Waals surface area contributed by atoms with Crippen molar-refractivity contribution in [1.29, 1.82) is 0 Å². The molecule has 100 valence electrons. The van der Waals surface area contributed by atoms with Gasteiger partial charge in [-0.2, -0.15) is 0 Å². The fourth-order valence-electron chi connectivity index (χ4n) is 1.79. The van der Waals surface area contributed by atoms with Gasteiger partial charge in [0.1, 0.15) is 18.2 Å². The minimum atomic E-state index is -0.284. The summed E-state index contributed by atoms with van der Waals surface area (Å²) in [6.45, 7) is 2.64. The SMILES string of the molecule is Cc1cc(OCc2cc(F)cc(CN)c2)ccc1Br. The molecule has 0 heterocycles. The number of ether oxygens (including phenoxy) is 1. The van der Waals surface area contributed by atoms with Gasteiger partial charge in [-0.25, -0.2) is 4.39 Å². The fourth-order valence-corrected chi connectivity index (χ4v) is 2.04. The highest BCUT2D eigenvalue weighted by molar-refractivity contribution is 9.10. The van der Waals surface area contributed by atoms with Crippen molar-refractivity contribution in [3.63, 3.8) is 0 Å². The Morgan fingerprint density at radius 2 is 1.89 bits per heavy atom. The first-order valence-corrected chi connectivity index (χ1v) is 6.75. The number of hydrogen-bond donors (Lipinski definition) is 1. The molecule has 0 amide bonds. The zero-order chi connectivity index (χ0) is 13.8. The molecule has 0 fully saturated rings. The topological polar surface area (TPSA) is 35.2 Å². The normalized spacial score (nSPS) is 10.5. The smallest absolute Gasteiger partial charge is 0.123 e. The Bertz CT molecular complexity index is 586. The van der Waals surface area contributed by atoms with Gasteiger partial charge >= 0.3 is 0 Å². The minimum absolute atomic E-state index is 0.284. The van der Waals surface area contributed by atoms with E-state index in [0.717, 1.165) is 26.9 Å². The van der Waals surface area contributed by atoms with Crippen LogP contribution in [-0.2, 0) is 13.2 Å². The lowest BCUT2D eigenvalue weighted by atomic mass is 10.1. The van der Waals surface area contributed by atoms with E-state index in [1.54, 1.807) is 0 Å². The zero-order valence-corrected chi connectivity index (χ0v) is 12.2. The van der Waals surface area contributed by atoms with E-state index in [1.165, 1.54) is 12.1 Å². The number of nitrogens with two attached hydrogens (primary N) is 1. The Kier molecular flexibility index (Phi) is 4.56. The van der Waals surface area contributed by atoms with E-state index in [0.29, 0.717) is 13.2 Å². The maximum Gasteiger partial charge on any atom is 0.123 e. The molecule has 2 aromatic rings. The summed E-state index contributed by atoms with van der Waals surface area (Å²) in [4.78, 5) is 0. The van der Waals surface area contributed by atoms with Crippen molar-refractivity contribution in [2.75, 3.05) is 0 Å². The molecule has 2 nitrogen and oxygen atoms in total. The average molecular weight is 324 g/mol. The van der Waals surface area contributed by atoms with Crippen LogP contribution < -0.4 is 10.5 Å². The van der Waals surface area contributed by atoms with E-state index in [9.17, 15) is 4.39 Å². The Hall–Kier alpha value is -1.39. The second-order valence-electron chi connectivity index (χ2n) is 4.37. The van der Waals surface area contributed by atoms with Gasteiger partial charge < -0.3 is 10.5 Å². The molecule has 0 aliphatic carbocycles. The molecule has 4 heteroatoms. The third kappa shape index (κ3) is 3.78. The average Bonchev–Trinajstić information content (AvgIpc) is 2.39. The van der Waals surface area contributed by atoms with Gasteiger partial charge in [0.05, 0.1) is 0 Å². The number of benzene rings is 2. The van der Waals surface area contributed by atoms with Crippen molar-refractivity contribution in [3.05, 3.63) is 63.4 Å². The van der Waals surface area contributed by atoms with Gasteiger partial charge in [-0.3, -0.25) is 0 Å². The van der Waals surface area contributed by atoms with Gasteiger partial charge in [0.15, 0.2) is 0 Å². The molecule has 0 saturated carbocycles. The van der Waals surface area contributed by atoms with E-state index in [1.807, 2.05) is 31.2 Å². The summed E-state index contributed by atoms with van der Waals surface area (Å²) in [5, 5.41) is 0. The molecule has 2 aromatic carbocycles. The van der Waals surface area contributed by atoms with Crippen molar-refractivity contribution < 1.29 is 9.13 Å². The first kappa shape index (κ1) is 14.0. The summed E-state index contributed by atoms with van der Waals surface area (Å²) in [6.07, 6.45) is 0. The van der Waals surface area contributed by atoms with Crippen LogP contribution in [0.3, 0.4) is 0 Å². The molecule has 2 N–H and O–H groups in total. The monoisotopic (exact) mass is 323 g/mol. The van der Waals surface area contributed by atoms with Crippen LogP contribution in [-0.4, -0.2) is 0 Å². The molecular weight excluding hydrogens is 309 g/mol. The van der Waals surface area contributed by atoms with Gasteiger partial charge in [0.25, 0.3) is 0 Å². The molecule has 0 spiro atoms. The van der Waals surface area contributed by atoms with E-state index in [4.69, 9.17) is 10.5 Å². The van der Waals surface area contributed by atoms with Crippen molar-refractivity contribution in [3.8, 4) is 5.75 Å². The standard InChI is InChI=1S/C15H15BrFNO/c1-10-4-14(2-3-15(10)16)19-9-12-5-11(8-18)6-13(17)7-12/h2-7H,8-9,18H2,1H3. The van der Waals surface area contributed by atoms with E-state index in [-0.39, 0.29) is 5.82 Å². The Labute approximate surface area is 120 Å². The maximum atomic E-state index is 13.3. The second-order valence-corrected chi connectivity index (χ2v) is 5.23. The van der Waals surface area contributed by atoms with Gasteiger partial charge in [-0.15, -0.1) is 0 Å². The van der Waals surface area contributed by atoms with Crippen LogP contribution in [0.4, 0.5) is 4.39 Å². The highest BCUT2D eigenvalue weighted by Crippen LogP contribution is 2.22. The molecule has 0 radical (unpaired) electrons. The van der Waals surface area contributed by atoms with Gasteiger partial charge in [-0.05, 0) is 53.9 Å². The van der Waals surface area contributed by atoms with Gasteiger partial charge in [0.2, 0.25) is 0 Å². The summed E-state index contributed by atoms with van der Waals surface area (Å²) >= 11 is 3.43. The lowest BCUT2D eigenvalue weighted by Gasteiger charge is -2.09. The predicted octanol–water partition coefficient (Wildman–Crippen LogP) is 3.93. The van der Waals surface area contributed by atoms with Crippen LogP contribution in [0, 0.1) is 12.7 Å². The number of halogens is 2. The van der Waals surface area contributed by atoms with Crippen molar-refractivity contribution >= 4 is 15.9 Å². The summed E-state index contributed by atoms with van der Waals surface area (Å²) in [7, 11) is 0. The molecular formula is C15H15BrFNO. The van der Waals surface area contributed by atoms with Crippen molar-refractivity contribution in [2.45, 2.75) is 20.1 Å². The van der Waals surface area contributed by atoms with E-state index < -0.39 is 0 Å². The summed E-state index contributed by atoms with van der Waals surface area (Å²) in [6, 6.07) is 10.5. The van der Waals surface area contributed by atoms with E-state index >= 15 is 0 Å². The summed E-state index contributed by atoms with van der Waals surface area (Å²) in [5.41, 5.74) is 8.16. The van der Waals surface area contributed by atoms with Crippen LogP contribution >= 0.6 is 15.9 Å². The molecule has 0 unspecified atom stereocenters. The maximum absolute atomic E-state index is 13.3. The molecule has 2 rings (SSSR count). The van der Waals surface area contributed by atoms with E-state index in [2.05, 4.69) is 15.9 Å². The fraction of sp³-hybridized carbons (Fsp3) is 0.200. The molecule has 19 heavy (non-hydrogen) atoms. The Morgan fingerprint density at radius 1 is 1.16 bits per heavy atom. The third-order valence-corrected chi connectivity index (χ3v) is 3.68. The molecule has 0 bridgehead atoms. The number of rotatable bonds is 4. The van der Waals surface area contributed by atoms with Crippen molar-refractivity contribution in [1.82, 2.24) is 0 Å². The molecule has 0 aromatic heterocycles. The van der Waals surface area contributed by atoms with Crippen LogP contribution in [0.15, 0.2) is 40.9 Å². The van der Waals surface area contributed by atoms with Crippen LogP contribution in [0.25, 0.3) is 0 Å². The Morgan fingerprint density at radius 3 is 2.58 bits per heavy atom. The summed E-state index contributed by atoms with van der Waals surface area (Å²) in [5.74, 6) is 0.479. The largest absolute Gasteiger partial charge is 0.489 e. The molecule has 0 saturated heterocycles. The predicted molar refractivity (Wildman–Crippen MR) is 77.5 cm³/mol. The first-order valence-electron chi connectivity index (χ1n) is 5.96. The van der Waals surface area contributed by atoms with Crippen molar-refractivity contribution in [2.24, 2.45) is 5.73 Å². The highest BCUT2D eigenvalue weighted by atomic mass is 79.9. The number of hydrogen-bond acceptors (Lipinski definition) is 2.